The maximum atomic E-state index is 12.1. The van der Waals surface area contributed by atoms with E-state index in [2.05, 4.69) is 5.32 Å². The van der Waals surface area contributed by atoms with Crippen LogP contribution in [0.4, 0.5) is 0 Å². The van der Waals surface area contributed by atoms with Gasteiger partial charge in [-0.2, -0.15) is 0 Å². The Labute approximate surface area is 136 Å². The molecule has 3 N–H and O–H groups in total. The Hall–Kier alpha value is -0.910. The Bertz CT molecular complexity index is 465. The maximum Gasteiger partial charge on any atom is 0.230 e. The number of rotatable bonds is 6. The molecule has 0 aromatic heterocycles. The van der Waals surface area contributed by atoms with Crippen molar-refractivity contribution in [2.75, 3.05) is 19.4 Å². The van der Waals surface area contributed by atoms with E-state index >= 15 is 0 Å². The van der Waals surface area contributed by atoms with Crippen LogP contribution in [-0.4, -0.2) is 30.9 Å². The van der Waals surface area contributed by atoms with Gasteiger partial charge in [0.25, 0.3) is 0 Å². The van der Waals surface area contributed by atoms with Crippen LogP contribution >= 0.6 is 24.2 Å². The quantitative estimate of drug-likeness (QED) is 0.787. The lowest BCUT2D eigenvalue weighted by Crippen LogP contribution is -2.52. The van der Waals surface area contributed by atoms with E-state index in [1.54, 1.807) is 7.11 Å². The van der Waals surface area contributed by atoms with Crippen molar-refractivity contribution in [2.45, 2.75) is 36.1 Å². The summed E-state index contributed by atoms with van der Waals surface area (Å²) in [4.78, 5) is 13.1. The van der Waals surface area contributed by atoms with Crippen molar-refractivity contribution in [1.29, 1.82) is 0 Å². The smallest absolute Gasteiger partial charge is 0.230 e. The second kappa shape index (κ2) is 8.51. The fourth-order valence-electron chi connectivity index (χ4n) is 2.60. The first-order valence-corrected chi connectivity index (χ1v) is 7.94. The molecule has 6 heteroatoms. The van der Waals surface area contributed by atoms with Gasteiger partial charge in [-0.05, 0) is 31.0 Å². The van der Waals surface area contributed by atoms with Gasteiger partial charge in [0.1, 0.15) is 5.75 Å². The van der Waals surface area contributed by atoms with E-state index in [9.17, 15) is 4.79 Å². The van der Waals surface area contributed by atoms with Crippen LogP contribution in [0.2, 0.25) is 0 Å². The van der Waals surface area contributed by atoms with Crippen molar-refractivity contribution >= 4 is 30.1 Å². The monoisotopic (exact) mass is 330 g/mol. The summed E-state index contributed by atoms with van der Waals surface area (Å²) in [6.45, 7) is 0.530. The third-order valence-electron chi connectivity index (χ3n) is 3.77. The molecule has 0 spiro atoms. The lowest BCUT2D eigenvalue weighted by atomic mass is 9.98. The van der Waals surface area contributed by atoms with Crippen LogP contribution in [0, 0.1) is 0 Å². The Kier molecular flexibility index (Phi) is 7.35. The van der Waals surface area contributed by atoms with Crippen molar-refractivity contribution in [2.24, 2.45) is 5.73 Å². The van der Waals surface area contributed by atoms with E-state index in [0.717, 1.165) is 36.3 Å². The van der Waals surface area contributed by atoms with E-state index in [4.69, 9.17) is 10.5 Å². The number of benzene rings is 1. The van der Waals surface area contributed by atoms with Crippen LogP contribution in [0.5, 0.6) is 5.75 Å². The zero-order valence-corrected chi connectivity index (χ0v) is 13.9. The molecular formula is C15H23ClN2O2S. The van der Waals surface area contributed by atoms with E-state index < -0.39 is 0 Å². The summed E-state index contributed by atoms with van der Waals surface area (Å²) in [5.41, 5.74) is 5.66. The molecule has 1 aliphatic carbocycles. The first kappa shape index (κ1) is 18.1. The molecule has 0 bridgehead atoms. The van der Waals surface area contributed by atoms with Crippen LogP contribution in [0.3, 0.4) is 0 Å². The summed E-state index contributed by atoms with van der Waals surface area (Å²) in [5.74, 6) is 1.28. The average molecular weight is 331 g/mol. The maximum absolute atomic E-state index is 12.1. The minimum absolute atomic E-state index is 0. The van der Waals surface area contributed by atoms with E-state index in [-0.39, 0.29) is 23.9 Å². The fourth-order valence-corrected chi connectivity index (χ4v) is 3.35. The molecule has 21 heavy (non-hydrogen) atoms. The molecule has 2 rings (SSSR count). The highest BCUT2D eigenvalue weighted by Crippen LogP contribution is 2.29. The van der Waals surface area contributed by atoms with E-state index in [0.29, 0.717) is 12.3 Å². The van der Waals surface area contributed by atoms with Gasteiger partial charge in [0.05, 0.1) is 18.4 Å². The first-order valence-electron chi connectivity index (χ1n) is 6.95. The minimum Gasteiger partial charge on any atom is -0.497 e. The number of halogens is 1. The molecule has 1 aromatic carbocycles. The molecule has 0 heterocycles. The Morgan fingerprint density at radius 3 is 2.76 bits per heavy atom. The van der Waals surface area contributed by atoms with Crippen LogP contribution in [-0.2, 0) is 4.79 Å². The van der Waals surface area contributed by atoms with Crippen molar-refractivity contribution in [3.63, 3.8) is 0 Å². The van der Waals surface area contributed by atoms with Crippen LogP contribution < -0.4 is 15.8 Å². The van der Waals surface area contributed by atoms with Crippen molar-refractivity contribution in [3.05, 3.63) is 24.3 Å². The third-order valence-corrected chi connectivity index (χ3v) is 4.76. The van der Waals surface area contributed by atoms with Gasteiger partial charge in [0.15, 0.2) is 0 Å². The van der Waals surface area contributed by atoms with Crippen LogP contribution in [0.1, 0.15) is 25.7 Å². The molecule has 0 unspecified atom stereocenters. The van der Waals surface area contributed by atoms with Gasteiger partial charge in [-0.15, -0.1) is 24.2 Å². The highest BCUT2D eigenvalue weighted by Gasteiger charge is 2.33. The van der Waals surface area contributed by atoms with Gasteiger partial charge in [-0.25, -0.2) is 0 Å². The number of carbonyl (C=O) groups excluding carboxylic acids is 1. The summed E-state index contributed by atoms with van der Waals surface area (Å²) in [6, 6.07) is 7.74. The number of nitrogens with one attached hydrogen (secondary N) is 1. The number of thioether (sulfide) groups is 1. The second-order valence-corrected chi connectivity index (χ2v) is 6.26. The molecule has 0 saturated heterocycles. The van der Waals surface area contributed by atoms with Gasteiger partial charge >= 0.3 is 0 Å². The Morgan fingerprint density at radius 2 is 2.14 bits per heavy atom. The molecule has 0 radical (unpaired) electrons. The molecular weight excluding hydrogens is 308 g/mol. The Balaban J connectivity index is 0.00000220. The summed E-state index contributed by atoms with van der Waals surface area (Å²) < 4.78 is 5.17. The number of ether oxygens (including phenoxy) is 1. The standard InChI is InChI=1S/C15H22N2O2S.ClH/c1-19-12-5-4-6-13(9-12)20-10-14(18)17-15(11-16)7-2-3-8-15;/h4-6,9H,2-3,7-8,10-11,16H2,1H3,(H,17,18);1H. The molecule has 1 amide bonds. The van der Waals surface area contributed by atoms with Crippen molar-refractivity contribution in [1.82, 2.24) is 5.32 Å². The fraction of sp³-hybridized carbons (Fsp3) is 0.533. The minimum atomic E-state index is -0.161. The number of amides is 1. The van der Waals surface area contributed by atoms with Crippen LogP contribution in [0.25, 0.3) is 0 Å². The van der Waals surface area contributed by atoms with Gasteiger partial charge in [0, 0.05) is 11.4 Å². The van der Waals surface area contributed by atoms with Crippen molar-refractivity contribution in [3.8, 4) is 5.75 Å². The highest BCUT2D eigenvalue weighted by molar-refractivity contribution is 8.00. The Morgan fingerprint density at radius 1 is 1.43 bits per heavy atom. The molecule has 0 atom stereocenters. The van der Waals surface area contributed by atoms with Crippen LogP contribution in [0.15, 0.2) is 29.2 Å². The summed E-state index contributed by atoms with van der Waals surface area (Å²) in [5, 5.41) is 3.12. The summed E-state index contributed by atoms with van der Waals surface area (Å²) >= 11 is 1.52. The van der Waals surface area contributed by atoms with Gasteiger partial charge in [-0.3, -0.25) is 4.79 Å². The van der Waals surface area contributed by atoms with Crippen molar-refractivity contribution < 1.29 is 9.53 Å². The lowest BCUT2D eigenvalue weighted by molar-refractivity contribution is -0.120. The highest BCUT2D eigenvalue weighted by atomic mass is 35.5. The average Bonchev–Trinajstić information content (AvgIpc) is 2.94. The normalized spacial score (nSPS) is 16.1. The third kappa shape index (κ3) is 5.09. The summed E-state index contributed by atoms with van der Waals surface area (Å²) in [7, 11) is 1.64. The SMILES string of the molecule is COc1cccc(SCC(=O)NC2(CN)CCCC2)c1.Cl. The zero-order valence-electron chi connectivity index (χ0n) is 12.3. The topological polar surface area (TPSA) is 64.3 Å². The second-order valence-electron chi connectivity index (χ2n) is 5.21. The largest absolute Gasteiger partial charge is 0.497 e. The predicted octanol–water partition coefficient (Wildman–Crippen LogP) is 2.60. The lowest BCUT2D eigenvalue weighted by Gasteiger charge is -2.28. The van der Waals surface area contributed by atoms with Gasteiger partial charge in [0.2, 0.25) is 5.91 Å². The number of hydrogen-bond donors (Lipinski definition) is 2. The molecule has 1 aromatic rings. The predicted molar refractivity (Wildman–Crippen MR) is 89.4 cm³/mol. The molecule has 1 aliphatic rings. The van der Waals surface area contributed by atoms with E-state index in [1.165, 1.54) is 11.8 Å². The number of nitrogens with two attached hydrogens (primary N) is 1. The molecule has 1 saturated carbocycles. The molecule has 1 fully saturated rings. The molecule has 118 valence electrons. The number of hydrogen-bond acceptors (Lipinski definition) is 4. The van der Waals surface area contributed by atoms with E-state index in [1.807, 2.05) is 24.3 Å². The zero-order chi connectivity index (χ0) is 14.4. The van der Waals surface area contributed by atoms with Gasteiger partial charge < -0.3 is 15.8 Å². The molecule has 0 aliphatic heterocycles. The number of methoxy groups -OCH3 is 1. The first-order chi connectivity index (χ1) is 9.67. The molecule has 4 nitrogen and oxygen atoms in total. The summed E-state index contributed by atoms with van der Waals surface area (Å²) in [6.07, 6.45) is 4.30. The van der Waals surface area contributed by atoms with Gasteiger partial charge in [-0.1, -0.05) is 18.9 Å². The number of carbonyl (C=O) groups is 1.